The smallest absolute Gasteiger partial charge is 0.131 e. The molecule has 0 saturated heterocycles. The highest BCUT2D eigenvalue weighted by atomic mass is 15.3. The monoisotopic (exact) mass is 959 g/mol. The Bertz CT molecular complexity index is 3980. The molecule has 2 N–H and O–H groups in total. The molecule has 7 nitrogen and oxygen atoms in total. The van der Waals surface area contributed by atoms with Crippen LogP contribution in [0, 0.1) is 11.3 Å². The quantitative estimate of drug-likeness (QED) is 0.156. The normalized spacial score (nSPS) is 21.0. The van der Waals surface area contributed by atoms with Crippen LogP contribution in [0.1, 0.15) is 110 Å². The lowest BCUT2D eigenvalue weighted by Crippen LogP contribution is -2.45. The molecule has 4 unspecified atom stereocenters. The van der Waals surface area contributed by atoms with E-state index in [2.05, 4.69) is 245 Å². The summed E-state index contributed by atoms with van der Waals surface area (Å²) in [6.45, 7) is 4.73. The van der Waals surface area contributed by atoms with Crippen LogP contribution in [0.25, 0.3) is 49.3 Å². The van der Waals surface area contributed by atoms with Crippen molar-refractivity contribution < 1.29 is 0 Å². The van der Waals surface area contributed by atoms with Crippen LogP contribution in [0.5, 0.6) is 0 Å². The van der Waals surface area contributed by atoms with Crippen molar-refractivity contribution in [2.75, 3.05) is 4.90 Å². The molecule has 7 aromatic carbocycles. The van der Waals surface area contributed by atoms with Gasteiger partial charge in [-0.15, -0.1) is 0 Å². The van der Waals surface area contributed by atoms with Gasteiger partial charge >= 0.3 is 0 Å². The summed E-state index contributed by atoms with van der Waals surface area (Å²) in [5, 5.41) is 24.4. The Balaban J connectivity index is 1.02. The Morgan fingerprint density at radius 3 is 2.27 bits per heavy atom. The molecular weight excluding hydrogens is 903 g/mol. The average molecular weight is 960 g/mol. The Labute approximate surface area is 432 Å². The number of aliphatic imine (C=N–C) groups is 1. The molecule has 2 aliphatic heterocycles. The van der Waals surface area contributed by atoms with Gasteiger partial charge in [0.2, 0.25) is 0 Å². The summed E-state index contributed by atoms with van der Waals surface area (Å²) in [7, 11) is 0. The maximum absolute atomic E-state index is 11.7. The van der Waals surface area contributed by atoms with E-state index < -0.39 is 6.17 Å². The molecule has 5 aliphatic rings. The standard InChI is InChI=1S/C67H57N7/c1-67(2)53-28-14-18-32-57(53)74(58-33-19-15-29-54(58)67)61-41-60(73-56-31-17-13-27-51(56)62-59(73)39-38-50-49-26-12-16-30-55(49)72(63(50)62)48-24-10-5-11-25-48)47(42-68)40-52(61)66-70-64(45-22-8-4-9-23-45)69-65(71-66)46-36-34-44(35-37-46)43-20-6-3-7-21-43/h4-6,8-18,20,22-24,26-32,34-41,43,48,65-66,71H,3,7,19,21,25,33H2,1-2H3,(H,69,70). The third kappa shape index (κ3) is 7.00. The van der Waals surface area contributed by atoms with Crippen molar-refractivity contribution in [1.82, 2.24) is 19.8 Å². The number of hydrogen-bond donors (Lipinski definition) is 2. The molecule has 14 rings (SSSR count). The average Bonchev–Trinajstić information content (AvgIpc) is 4.08. The number of benzene rings is 7. The van der Waals surface area contributed by atoms with Crippen LogP contribution < -0.4 is 15.5 Å². The van der Waals surface area contributed by atoms with E-state index >= 15 is 0 Å². The van der Waals surface area contributed by atoms with Crippen LogP contribution in [0.15, 0.2) is 217 Å². The molecule has 4 atom stereocenters. The summed E-state index contributed by atoms with van der Waals surface area (Å²) < 4.78 is 4.93. The molecule has 7 heteroatoms. The van der Waals surface area contributed by atoms with E-state index in [1.54, 1.807) is 0 Å². The zero-order chi connectivity index (χ0) is 49.5. The lowest BCUT2D eigenvalue weighted by molar-refractivity contribution is 0.409. The van der Waals surface area contributed by atoms with Crippen molar-refractivity contribution in [1.29, 1.82) is 5.26 Å². The van der Waals surface area contributed by atoms with Crippen molar-refractivity contribution in [2.24, 2.45) is 4.99 Å². The number of nitriles is 1. The van der Waals surface area contributed by atoms with Gasteiger partial charge in [0.15, 0.2) is 0 Å². The Morgan fingerprint density at radius 1 is 0.676 bits per heavy atom. The lowest BCUT2D eigenvalue weighted by atomic mass is 9.71. The van der Waals surface area contributed by atoms with Crippen molar-refractivity contribution in [3.05, 3.63) is 245 Å². The van der Waals surface area contributed by atoms with Gasteiger partial charge in [-0.3, -0.25) is 5.32 Å². The number of nitrogens with zero attached hydrogens (tertiary/aromatic N) is 5. The summed E-state index contributed by atoms with van der Waals surface area (Å²) in [6, 6.07) is 58.1. The highest BCUT2D eigenvalue weighted by Crippen LogP contribution is 2.53. The van der Waals surface area contributed by atoms with E-state index in [1.165, 1.54) is 62.4 Å². The number of aromatic nitrogens is 2. The van der Waals surface area contributed by atoms with Crippen LogP contribution in [0.3, 0.4) is 0 Å². The minimum atomic E-state index is -0.443. The minimum Gasteiger partial charge on any atom is -0.350 e. The van der Waals surface area contributed by atoms with Gasteiger partial charge in [-0.2, -0.15) is 5.26 Å². The molecule has 3 aliphatic carbocycles. The summed E-state index contributed by atoms with van der Waals surface area (Å²) in [5.41, 5.74) is 16.2. The molecule has 4 heterocycles. The Hall–Kier alpha value is -8.44. The molecule has 0 fully saturated rings. The molecule has 74 heavy (non-hydrogen) atoms. The van der Waals surface area contributed by atoms with Gasteiger partial charge in [0.05, 0.1) is 39.5 Å². The van der Waals surface area contributed by atoms with Crippen LogP contribution in [0.4, 0.5) is 11.4 Å². The summed E-state index contributed by atoms with van der Waals surface area (Å²) in [6.07, 6.45) is 23.8. The highest BCUT2D eigenvalue weighted by molar-refractivity contribution is 6.25. The number of allylic oxidation sites excluding steroid dienone is 10. The second-order valence-corrected chi connectivity index (χ2v) is 21.2. The van der Waals surface area contributed by atoms with Gasteiger partial charge in [-0.25, -0.2) is 4.99 Å². The summed E-state index contributed by atoms with van der Waals surface area (Å²) >= 11 is 0. The lowest BCUT2D eigenvalue weighted by Gasteiger charge is -2.45. The van der Waals surface area contributed by atoms with E-state index in [9.17, 15) is 5.26 Å². The van der Waals surface area contributed by atoms with Crippen LogP contribution >= 0.6 is 0 Å². The second kappa shape index (κ2) is 17.7. The predicted octanol–water partition coefficient (Wildman–Crippen LogP) is 16.0. The third-order valence-corrected chi connectivity index (χ3v) is 16.6. The molecule has 0 amide bonds. The fraction of sp³-hybridized carbons (Fsp3) is 0.194. The van der Waals surface area contributed by atoms with Gasteiger partial charge < -0.3 is 19.4 Å². The fourth-order valence-corrected chi connectivity index (χ4v) is 13.1. The summed E-state index contributed by atoms with van der Waals surface area (Å²) in [5.74, 6) is 1.24. The first-order valence-corrected chi connectivity index (χ1v) is 26.5. The SMILES string of the molecule is CC1(C)C2=C(CCC=C2)N(c2cc(-n3c4ccccc4c4c3ccc3c5ccccc5n(C5C=CC=CC5)c34)c(C#N)cc2C2NC(c3ccccc3)=NC(c3ccc(C4C=CCCC4)cc3)N2)c2ccccc21. The first kappa shape index (κ1) is 44.3. The molecule has 9 aromatic rings. The number of nitrogens with one attached hydrogen (secondary N) is 2. The minimum absolute atomic E-state index is 0.154. The number of anilines is 2. The Kier molecular flexibility index (Phi) is 10.6. The first-order valence-electron chi connectivity index (χ1n) is 26.5. The van der Waals surface area contributed by atoms with E-state index in [0.29, 0.717) is 11.5 Å². The number of rotatable bonds is 7. The molecule has 0 spiro atoms. The van der Waals surface area contributed by atoms with Crippen molar-refractivity contribution >= 4 is 60.8 Å². The van der Waals surface area contributed by atoms with Gasteiger partial charge in [0.25, 0.3) is 0 Å². The molecule has 2 aromatic heterocycles. The topological polar surface area (TPSA) is 73.3 Å². The second-order valence-electron chi connectivity index (χ2n) is 21.2. The molecule has 0 bridgehead atoms. The van der Waals surface area contributed by atoms with Gasteiger partial charge in [-0.05, 0) is 97.2 Å². The van der Waals surface area contributed by atoms with E-state index in [-0.39, 0.29) is 17.6 Å². The van der Waals surface area contributed by atoms with Gasteiger partial charge in [0, 0.05) is 60.9 Å². The molecular formula is C67H57N7. The van der Waals surface area contributed by atoms with E-state index in [1.807, 2.05) is 0 Å². The van der Waals surface area contributed by atoms with Crippen molar-refractivity contribution in [3.63, 3.8) is 0 Å². The van der Waals surface area contributed by atoms with Crippen LogP contribution in [-0.2, 0) is 5.41 Å². The highest BCUT2D eigenvalue weighted by Gasteiger charge is 2.40. The van der Waals surface area contributed by atoms with Gasteiger partial charge in [0.1, 0.15) is 24.2 Å². The van der Waals surface area contributed by atoms with E-state index in [0.717, 1.165) is 81.7 Å². The number of amidine groups is 1. The zero-order valence-corrected chi connectivity index (χ0v) is 41.8. The maximum atomic E-state index is 11.7. The Morgan fingerprint density at radius 2 is 1.46 bits per heavy atom. The number of para-hydroxylation sites is 3. The largest absolute Gasteiger partial charge is 0.350 e. The third-order valence-electron chi connectivity index (χ3n) is 16.6. The van der Waals surface area contributed by atoms with Crippen LogP contribution in [-0.4, -0.2) is 15.0 Å². The van der Waals surface area contributed by atoms with Crippen LogP contribution in [0.2, 0.25) is 0 Å². The predicted molar refractivity (Wildman–Crippen MR) is 304 cm³/mol. The molecule has 0 radical (unpaired) electrons. The zero-order valence-electron chi connectivity index (χ0n) is 41.8. The fourth-order valence-electron chi connectivity index (χ4n) is 13.1. The van der Waals surface area contributed by atoms with Gasteiger partial charge in [-0.1, -0.05) is 178 Å². The number of fused-ring (bicyclic) bond motifs is 8. The van der Waals surface area contributed by atoms with E-state index in [4.69, 9.17) is 4.99 Å². The maximum Gasteiger partial charge on any atom is 0.131 e. The first-order chi connectivity index (χ1) is 36.4. The molecule has 360 valence electrons. The van der Waals surface area contributed by atoms with Crippen molar-refractivity contribution in [3.8, 4) is 11.8 Å². The number of hydrogen-bond acceptors (Lipinski definition) is 5. The molecule has 0 saturated carbocycles. The summed E-state index contributed by atoms with van der Waals surface area (Å²) in [4.78, 5) is 7.96. The van der Waals surface area contributed by atoms with Crippen molar-refractivity contribution in [2.45, 2.75) is 82.1 Å².